The number of hydrogen-bond acceptors (Lipinski definition) is 4. The van der Waals surface area contributed by atoms with Gasteiger partial charge in [-0.25, -0.2) is 4.79 Å². The predicted molar refractivity (Wildman–Crippen MR) is 61.8 cm³/mol. The van der Waals surface area contributed by atoms with Gasteiger partial charge in [0.15, 0.2) is 0 Å². The molecule has 0 fully saturated rings. The molecule has 2 rings (SSSR count). The molecule has 0 aliphatic carbocycles. The summed E-state index contributed by atoms with van der Waals surface area (Å²) in [5.74, 6) is 0.194. The van der Waals surface area contributed by atoms with Crippen molar-refractivity contribution in [3.05, 3.63) is 51.2 Å². The van der Waals surface area contributed by atoms with E-state index in [0.717, 1.165) is 5.69 Å². The summed E-state index contributed by atoms with van der Waals surface area (Å²) in [4.78, 5) is 26.7. The van der Waals surface area contributed by atoms with Crippen LogP contribution in [0.1, 0.15) is 0 Å². The lowest BCUT2D eigenvalue weighted by atomic mass is 10.3. The van der Waals surface area contributed by atoms with E-state index >= 15 is 0 Å². The van der Waals surface area contributed by atoms with Crippen LogP contribution in [-0.4, -0.2) is 9.97 Å². The molecule has 1 heterocycles. The minimum atomic E-state index is -0.609. The average molecular weight is 218 g/mol. The maximum absolute atomic E-state index is 11.2. The Bertz CT molecular complexity index is 600. The van der Waals surface area contributed by atoms with Crippen molar-refractivity contribution in [1.29, 1.82) is 0 Å². The van der Waals surface area contributed by atoms with Gasteiger partial charge in [0, 0.05) is 5.69 Å². The lowest BCUT2D eigenvalue weighted by Gasteiger charge is -2.07. The van der Waals surface area contributed by atoms with Crippen LogP contribution in [0.15, 0.2) is 39.9 Å². The highest BCUT2D eigenvalue weighted by Gasteiger charge is 2.04. The number of nitrogens with two attached hydrogens (primary N) is 1. The number of para-hydroxylation sites is 1. The second-order valence-corrected chi connectivity index (χ2v) is 3.19. The molecule has 0 aliphatic heterocycles. The third-order valence-electron chi connectivity index (χ3n) is 2.02. The van der Waals surface area contributed by atoms with Crippen LogP contribution in [0.4, 0.5) is 17.2 Å². The summed E-state index contributed by atoms with van der Waals surface area (Å²) in [6.45, 7) is 0. The van der Waals surface area contributed by atoms with E-state index in [1.165, 1.54) is 0 Å². The Morgan fingerprint density at radius 3 is 2.44 bits per heavy atom. The summed E-state index contributed by atoms with van der Waals surface area (Å²) in [7, 11) is 0. The molecule has 2 aromatic rings. The largest absolute Gasteiger partial charge is 0.391 e. The standard InChI is InChI=1S/C10H10N4O2/c11-7-8(13-10(16)14-9(7)15)12-6-4-2-1-3-5-6/h1-5H,11H2,(H3,12,13,14,15,16). The zero-order valence-corrected chi connectivity index (χ0v) is 8.28. The summed E-state index contributed by atoms with van der Waals surface area (Å²) in [5.41, 5.74) is 4.99. The second kappa shape index (κ2) is 3.93. The molecule has 0 saturated carbocycles. The number of anilines is 3. The number of nitrogens with one attached hydrogen (secondary N) is 3. The summed E-state index contributed by atoms with van der Waals surface area (Å²) in [5, 5.41) is 2.85. The first kappa shape index (κ1) is 10.0. The molecule has 0 aliphatic rings. The van der Waals surface area contributed by atoms with Gasteiger partial charge in [-0.3, -0.25) is 14.8 Å². The highest BCUT2D eigenvalue weighted by Crippen LogP contribution is 2.15. The van der Waals surface area contributed by atoms with Gasteiger partial charge in [-0.05, 0) is 12.1 Å². The Hall–Kier alpha value is -2.50. The Morgan fingerprint density at radius 1 is 1.06 bits per heavy atom. The predicted octanol–water partition coefficient (Wildman–Crippen LogP) is 0.389. The fourth-order valence-electron chi connectivity index (χ4n) is 1.26. The van der Waals surface area contributed by atoms with Gasteiger partial charge in [0.25, 0.3) is 5.56 Å². The van der Waals surface area contributed by atoms with Crippen LogP contribution < -0.4 is 22.3 Å². The fraction of sp³-hybridized carbons (Fsp3) is 0. The number of rotatable bonds is 2. The van der Waals surface area contributed by atoms with Crippen molar-refractivity contribution < 1.29 is 0 Å². The number of hydrogen-bond donors (Lipinski definition) is 4. The minimum Gasteiger partial charge on any atom is -0.391 e. The van der Waals surface area contributed by atoms with Crippen molar-refractivity contribution in [2.45, 2.75) is 0 Å². The van der Waals surface area contributed by atoms with Gasteiger partial charge in [-0.1, -0.05) is 18.2 Å². The van der Waals surface area contributed by atoms with Crippen molar-refractivity contribution in [1.82, 2.24) is 9.97 Å². The molecule has 82 valence electrons. The number of aromatic nitrogens is 2. The fourth-order valence-corrected chi connectivity index (χ4v) is 1.26. The molecule has 16 heavy (non-hydrogen) atoms. The second-order valence-electron chi connectivity index (χ2n) is 3.19. The Balaban J connectivity index is 2.43. The van der Waals surface area contributed by atoms with E-state index in [1.54, 1.807) is 12.1 Å². The van der Waals surface area contributed by atoms with Gasteiger partial charge in [0.05, 0.1) is 0 Å². The van der Waals surface area contributed by atoms with E-state index < -0.39 is 11.2 Å². The molecule has 6 nitrogen and oxygen atoms in total. The topological polar surface area (TPSA) is 104 Å². The molecule has 6 heteroatoms. The summed E-state index contributed by atoms with van der Waals surface area (Å²) in [6, 6.07) is 9.08. The first-order valence-corrected chi connectivity index (χ1v) is 4.61. The van der Waals surface area contributed by atoms with Crippen molar-refractivity contribution in [2.24, 2.45) is 0 Å². The van der Waals surface area contributed by atoms with E-state index in [1.807, 2.05) is 23.2 Å². The molecule has 0 atom stereocenters. The highest BCUT2D eigenvalue weighted by molar-refractivity contribution is 5.67. The average Bonchev–Trinajstić information content (AvgIpc) is 2.27. The Morgan fingerprint density at radius 2 is 1.75 bits per heavy atom. The molecule has 0 radical (unpaired) electrons. The number of H-pyrrole nitrogens is 2. The quantitative estimate of drug-likeness (QED) is 0.585. The van der Waals surface area contributed by atoms with E-state index in [0.29, 0.717) is 0 Å². The van der Waals surface area contributed by atoms with Crippen LogP contribution in [0.2, 0.25) is 0 Å². The first-order chi connectivity index (χ1) is 7.66. The van der Waals surface area contributed by atoms with Crippen LogP contribution in [0.25, 0.3) is 0 Å². The maximum atomic E-state index is 11.2. The molecular formula is C10H10N4O2. The van der Waals surface area contributed by atoms with Gasteiger partial charge in [0.2, 0.25) is 0 Å². The summed E-state index contributed by atoms with van der Waals surface area (Å²) in [6.07, 6.45) is 0. The third-order valence-corrected chi connectivity index (χ3v) is 2.02. The highest BCUT2D eigenvalue weighted by atomic mass is 16.2. The Labute approximate surface area is 90.1 Å². The van der Waals surface area contributed by atoms with Crippen molar-refractivity contribution in [3.8, 4) is 0 Å². The zero-order valence-electron chi connectivity index (χ0n) is 8.28. The molecule has 0 unspecified atom stereocenters. The van der Waals surface area contributed by atoms with E-state index in [4.69, 9.17) is 5.73 Å². The molecule has 0 bridgehead atoms. The Kier molecular flexibility index (Phi) is 2.47. The van der Waals surface area contributed by atoms with E-state index in [-0.39, 0.29) is 11.5 Å². The summed E-state index contributed by atoms with van der Waals surface area (Å²) < 4.78 is 0. The summed E-state index contributed by atoms with van der Waals surface area (Å²) >= 11 is 0. The normalized spacial score (nSPS) is 10.0. The SMILES string of the molecule is Nc1c(Nc2ccccc2)[nH]c(=O)[nH]c1=O. The van der Waals surface area contributed by atoms with Crippen molar-refractivity contribution in [2.75, 3.05) is 11.1 Å². The van der Waals surface area contributed by atoms with Crippen LogP contribution in [-0.2, 0) is 0 Å². The number of benzene rings is 1. The molecule has 5 N–H and O–H groups in total. The van der Waals surface area contributed by atoms with Crippen LogP contribution in [0.5, 0.6) is 0 Å². The molecule has 0 saturated heterocycles. The van der Waals surface area contributed by atoms with Crippen molar-refractivity contribution >= 4 is 17.2 Å². The number of nitrogen functional groups attached to an aromatic ring is 1. The molecular weight excluding hydrogens is 208 g/mol. The van der Waals surface area contributed by atoms with Crippen molar-refractivity contribution in [3.63, 3.8) is 0 Å². The molecule has 0 amide bonds. The van der Waals surface area contributed by atoms with Gasteiger partial charge in [-0.2, -0.15) is 0 Å². The number of aromatic amines is 2. The minimum absolute atomic E-state index is 0.0524. The third kappa shape index (κ3) is 1.95. The van der Waals surface area contributed by atoms with Crippen LogP contribution in [0.3, 0.4) is 0 Å². The molecule has 1 aromatic carbocycles. The van der Waals surface area contributed by atoms with E-state index in [2.05, 4.69) is 10.3 Å². The lowest BCUT2D eigenvalue weighted by Crippen LogP contribution is -2.26. The lowest BCUT2D eigenvalue weighted by molar-refractivity contribution is 1.05. The van der Waals surface area contributed by atoms with E-state index in [9.17, 15) is 9.59 Å². The first-order valence-electron chi connectivity index (χ1n) is 4.61. The van der Waals surface area contributed by atoms with Gasteiger partial charge >= 0.3 is 5.69 Å². The smallest absolute Gasteiger partial charge is 0.327 e. The molecule has 1 aromatic heterocycles. The van der Waals surface area contributed by atoms with Crippen LogP contribution in [0, 0.1) is 0 Å². The monoisotopic (exact) mass is 218 g/mol. The van der Waals surface area contributed by atoms with Gasteiger partial charge in [0.1, 0.15) is 11.5 Å². The van der Waals surface area contributed by atoms with Crippen LogP contribution >= 0.6 is 0 Å². The van der Waals surface area contributed by atoms with Gasteiger partial charge < -0.3 is 11.1 Å². The van der Waals surface area contributed by atoms with Gasteiger partial charge in [-0.15, -0.1) is 0 Å². The maximum Gasteiger partial charge on any atom is 0.327 e. The molecule has 0 spiro atoms. The zero-order chi connectivity index (χ0) is 11.5.